The molecule has 4 aromatic rings. The second-order valence-electron chi connectivity index (χ2n) is 11.3. The fourth-order valence-corrected chi connectivity index (χ4v) is 6.59. The highest BCUT2D eigenvalue weighted by atomic mass is 35.5. The highest BCUT2D eigenvalue weighted by Crippen LogP contribution is 2.27. The lowest BCUT2D eigenvalue weighted by Crippen LogP contribution is -2.54. The van der Waals surface area contributed by atoms with E-state index in [2.05, 4.69) is 5.32 Å². The van der Waals surface area contributed by atoms with Crippen LogP contribution in [0.25, 0.3) is 0 Å². The number of nitrogens with one attached hydrogen (secondary N) is 1. The maximum atomic E-state index is 14.5. The maximum Gasteiger partial charge on any atom is 0.264 e. The number of aryl methyl sites for hydroxylation is 2. The summed E-state index contributed by atoms with van der Waals surface area (Å²) in [5.41, 5.74) is 3.86. The summed E-state index contributed by atoms with van der Waals surface area (Å²) >= 11 is 6.30. The highest BCUT2D eigenvalue weighted by Gasteiger charge is 2.35. The summed E-state index contributed by atoms with van der Waals surface area (Å²) in [4.78, 5) is 30.0. The van der Waals surface area contributed by atoms with Crippen LogP contribution in [0.1, 0.15) is 42.5 Å². The van der Waals surface area contributed by atoms with Crippen LogP contribution in [0.2, 0.25) is 5.02 Å². The first-order valence-electron chi connectivity index (χ1n) is 15.0. The van der Waals surface area contributed by atoms with Gasteiger partial charge in [-0.1, -0.05) is 102 Å². The van der Waals surface area contributed by atoms with Gasteiger partial charge in [0.25, 0.3) is 10.0 Å². The average Bonchev–Trinajstić information content (AvgIpc) is 3.02. The lowest BCUT2D eigenvalue weighted by atomic mass is 10.0. The van der Waals surface area contributed by atoms with Gasteiger partial charge in [0.2, 0.25) is 11.8 Å². The molecule has 2 atom stereocenters. The molecule has 0 aromatic heterocycles. The Bertz CT molecular complexity index is 1710. The van der Waals surface area contributed by atoms with Gasteiger partial charge in [0.15, 0.2) is 0 Å². The van der Waals surface area contributed by atoms with Crippen molar-refractivity contribution in [2.45, 2.75) is 64.1 Å². The van der Waals surface area contributed by atoms with Gasteiger partial charge < -0.3 is 10.2 Å². The highest BCUT2D eigenvalue weighted by molar-refractivity contribution is 7.92. The molecule has 4 rings (SSSR count). The molecule has 1 N–H and O–H groups in total. The van der Waals surface area contributed by atoms with Gasteiger partial charge in [-0.15, -0.1) is 0 Å². The minimum atomic E-state index is -4.20. The monoisotopic (exact) mass is 645 g/mol. The van der Waals surface area contributed by atoms with E-state index in [-0.39, 0.29) is 35.5 Å². The molecule has 0 bridgehead atoms. The number of hydrogen-bond acceptors (Lipinski definition) is 4. The van der Waals surface area contributed by atoms with Gasteiger partial charge in [-0.25, -0.2) is 8.42 Å². The summed E-state index contributed by atoms with van der Waals surface area (Å²) in [6, 6.07) is 29.1. The number of sulfonamides is 1. The van der Waals surface area contributed by atoms with Crippen molar-refractivity contribution in [1.82, 2.24) is 10.2 Å². The molecule has 0 aliphatic heterocycles. The maximum absolute atomic E-state index is 14.5. The largest absolute Gasteiger partial charge is 0.352 e. The van der Waals surface area contributed by atoms with Gasteiger partial charge in [0.05, 0.1) is 10.6 Å². The zero-order valence-corrected chi connectivity index (χ0v) is 27.7. The predicted octanol–water partition coefficient (Wildman–Crippen LogP) is 6.71. The Morgan fingerprint density at radius 2 is 1.49 bits per heavy atom. The second-order valence-corrected chi connectivity index (χ2v) is 13.6. The average molecular weight is 646 g/mol. The molecule has 0 aliphatic rings. The van der Waals surface area contributed by atoms with Gasteiger partial charge in [-0.3, -0.25) is 13.9 Å². The minimum Gasteiger partial charge on any atom is -0.352 e. The van der Waals surface area contributed by atoms with Crippen molar-refractivity contribution in [1.29, 1.82) is 0 Å². The van der Waals surface area contributed by atoms with Crippen LogP contribution in [-0.2, 0) is 32.6 Å². The molecule has 9 heteroatoms. The van der Waals surface area contributed by atoms with Crippen molar-refractivity contribution >= 4 is 39.1 Å². The van der Waals surface area contributed by atoms with Crippen LogP contribution in [0, 0.1) is 13.8 Å². The van der Waals surface area contributed by atoms with Crippen LogP contribution in [0.15, 0.2) is 108 Å². The lowest BCUT2D eigenvalue weighted by molar-refractivity contribution is -0.140. The number of benzene rings is 4. The number of nitrogens with zero attached hydrogens (tertiary/aromatic N) is 2. The van der Waals surface area contributed by atoms with E-state index >= 15 is 0 Å². The van der Waals surface area contributed by atoms with Crippen LogP contribution in [-0.4, -0.2) is 43.8 Å². The van der Waals surface area contributed by atoms with Gasteiger partial charge in [-0.05, 0) is 68.7 Å². The van der Waals surface area contributed by atoms with Crippen LogP contribution in [0.3, 0.4) is 0 Å². The summed E-state index contributed by atoms with van der Waals surface area (Å²) in [5.74, 6) is -0.822. The van der Waals surface area contributed by atoms with E-state index in [0.29, 0.717) is 11.4 Å². The Kier molecular flexibility index (Phi) is 11.4. The zero-order chi connectivity index (χ0) is 32.6. The molecule has 4 aromatic carbocycles. The van der Waals surface area contributed by atoms with Crippen molar-refractivity contribution in [3.63, 3.8) is 0 Å². The summed E-state index contributed by atoms with van der Waals surface area (Å²) < 4.78 is 29.3. The fraction of sp³-hybridized carbons (Fsp3) is 0.278. The molecule has 0 saturated carbocycles. The Balaban J connectivity index is 1.81. The molecule has 0 radical (unpaired) electrons. The third-order valence-corrected chi connectivity index (χ3v) is 9.71. The number of rotatable bonds is 13. The summed E-state index contributed by atoms with van der Waals surface area (Å²) in [5, 5.41) is 3.38. The van der Waals surface area contributed by atoms with Gasteiger partial charge in [-0.2, -0.15) is 0 Å². The third kappa shape index (κ3) is 8.96. The molecule has 2 amide bonds. The first-order valence-corrected chi connectivity index (χ1v) is 16.8. The Morgan fingerprint density at radius 3 is 2.13 bits per heavy atom. The van der Waals surface area contributed by atoms with Crippen molar-refractivity contribution in [2.24, 2.45) is 0 Å². The van der Waals surface area contributed by atoms with E-state index in [1.807, 2.05) is 82.3 Å². The molecule has 0 saturated heterocycles. The lowest BCUT2D eigenvalue weighted by Gasteiger charge is -2.34. The van der Waals surface area contributed by atoms with Crippen LogP contribution in [0.4, 0.5) is 5.69 Å². The first kappa shape index (κ1) is 33.7. The standard InChI is InChI=1S/C36H40ClN3O4S/c1-5-28(4)38-36(42)34(22-29-12-7-6-8-13-29)39(24-30-14-9-11-27(3)21-30)35(41)25-40(32-16-10-15-31(37)23-32)45(43,44)33-19-17-26(2)18-20-33/h6-21,23,28,34H,5,22,24-25H2,1-4H3,(H,38,42)/t28-,34+/m0/s1. The molecule has 0 fully saturated rings. The normalized spacial score (nSPS) is 12.6. The summed E-state index contributed by atoms with van der Waals surface area (Å²) in [6.45, 7) is 7.30. The second kappa shape index (κ2) is 15.2. The van der Waals surface area contributed by atoms with E-state index in [1.165, 1.54) is 23.1 Å². The SMILES string of the molecule is CC[C@H](C)NC(=O)[C@@H](Cc1ccccc1)N(Cc1cccc(C)c1)C(=O)CN(c1cccc(Cl)c1)S(=O)(=O)c1ccc(C)cc1. The van der Waals surface area contributed by atoms with Gasteiger partial charge >= 0.3 is 0 Å². The smallest absolute Gasteiger partial charge is 0.264 e. The molecule has 7 nitrogen and oxygen atoms in total. The number of carbonyl (C=O) groups excluding carboxylic acids is 2. The molecular weight excluding hydrogens is 606 g/mol. The number of carbonyl (C=O) groups is 2. The van der Waals surface area contributed by atoms with Crippen LogP contribution in [0.5, 0.6) is 0 Å². The molecule has 0 spiro atoms. The topological polar surface area (TPSA) is 86.8 Å². The third-order valence-electron chi connectivity index (χ3n) is 7.69. The van der Waals surface area contributed by atoms with Gasteiger partial charge in [0, 0.05) is 24.0 Å². The van der Waals surface area contributed by atoms with Crippen molar-refractivity contribution < 1.29 is 18.0 Å². The van der Waals surface area contributed by atoms with E-state index in [4.69, 9.17) is 11.6 Å². The van der Waals surface area contributed by atoms with E-state index in [1.54, 1.807) is 30.3 Å². The minimum absolute atomic E-state index is 0.0430. The molecule has 45 heavy (non-hydrogen) atoms. The number of amides is 2. The molecular formula is C36H40ClN3O4S. The van der Waals surface area contributed by atoms with Crippen molar-refractivity contribution in [2.75, 3.05) is 10.8 Å². The molecule has 0 unspecified atom stereocenters. The Morgan fingerprint density at radius 1 is 0.822 bits per heavy atom. The van der Waals surface area contributed by atoms with E-state index < -0.39 is 28.5 Å². The van der Waals surface area contributed by atoms with E-state index in [0.717, 1.165) is 26.6 Å². The molecule has 0 aliphatic carbocycles. The Hall–Kier alpha value is -4.14. The van der Waals surface area contributed by atoms with Crippen LogP contribution < -0.4 is 9.62 Å². The predicted molar refractivity (Wildman–Crippen MR) is 181 cm³/mol. The fourth-order valence-electron chi connectivity index (χ4n) is 5.00. The van der Waals surface area contributed by atoms with E-state index in [9.17, 15) is 18.0 Å². The quantitative estimate of drug-likeness (QED) is 0.175. The summed E-state index contributed by atoms with van der Waals surface area (Å²) in [6.07, 6.45) is 0.968. The molecule has 236 valence electrons. The number of hydrogen-bond donors (Lipinski definition) is 1. The van der Waals surface area contributed by atoms with Gasteiger partial charge in [0.1, 0.15) is 12.6 Å². The first-order chi connectivity index (χ1) is 21.5. The number of halogens is 1. The van der Waals surface area contributed by atoms with Crippen molar-refractivity contribution in [3.8, 4) is 0 Å². The van der Waals surface area contributed by atoms with Crippen LogP contribution >= 0.6 is 11.6 Å². The zero-order valence-electron chi connectivity index (χ0n) is 26.1. The summed E-state index contributed by atoms with van der Waals surface area (Å²) in [7, 11) is -4.20. The number of anilines is 1. The van der Waals surface area contributed by atoms with Crippen molar-refractivity contribution in [3.05, 3.63) is 130 Å². The Labute approximate surface area is 271 Å². The molecule has 0 heterocycles.